The third kappa shape index (κ3) is 2.23. The number of rotatable bonds is 2. The molecule has 0 aromatic heterocycles. The lowest BCUT2D eigenvalue weighted by Gasteiger charge is -2.36. The minimum absolute atomic E-state index is 0.0234. The van der Waals surface area contributed by atoms with Crippen molar-refractivity contribution in [3.05, 3.63) is 47.0 Å². The standard InChI is InChI=1S/C18H22N2O2/c1-12-10-15-18(11-13(12)2,17(21)20(3)4)19-16(22-15)14-8-6-5-7-9-14/h5-9,15H,10-11H2,1-4H3/t15-,18+/m1/s1. The molecule has 116 valence electrons. The van der Waals surface area contributed by atoms with Gasteiger partial charge in [0, 0.05) is 32.5 Å². The van der Waals surface area contributed by atoms with E-state index in [0.717, 1.165) is 12.0 Å². The largest absolute Gasteiger partial charge is 0.471 e. The van der Waals surface area contributed by atoms with Crippen LogP contribution in [0.25, 0.3) is 0 Å². The maximum Gasteiger partial charge on any atom is 0.254 e. The second-order valence-corrected chi connectivity index (χ2v) is 6.45. The minimum Gasteiger partial charge on any atom is -0.471 e. The zero-order valence-corrected chi connectivity index (χ0v) is 13.6. The highest BCUT2D eigenvalue weighted by atomic mass is 16.5. The Kier molecular flexibility index (Phi) is 3.55. The number of amides is 1. The molecule has 0 saturated heterocycles. The van der Waals surface area contributed by atoms with Crippen LogP contribution >= 0.6 is 0 Å². The molecule has 1 aliphatic carbocycles. The molecule has 22 heavy (non-hydrogen) atoms. The van der Waals surface area contributed by atoms with Crippen molar-refractivity contribution >= 4 is 11.8 Å². The Bertz CT molecular complexity index is 661. The summed E-state index contributed by atoms with van der Waals surface area (Å²) in [7, 11) is 3.56. The number of hydrogen-bond donors (Lipinski definition) is 0. The lowest BCUT2D eigenvalue weighted by Crippen LogP contribution is -2.53. The fourth-order valence-corrected chi connectivity index (χ4v) is 3.24. The first kappa shape index (κ1) is 14.8. The van der Waals surface area contributed by atoms with E-state index in [2.05, 4.69) is 13.8 Å². The molecule has 2 aliphatic rings. The summed E-state index contributed by atoms with van der Waals surface area (Å²) in [5.74, 6) is 0.610. The molecular formula is C18H22N2O2. The van der Waals surface area contributed by atoms with E-state index in [9.17, 15) is 4.79 Å². The SMILES string of the molecule is CC1=C(C)C[C@]2(C(=O)N(C)C)N=C(c3ccccc3)O[C@@H]2C1. The lowest BCUT2D eigenvalue weighted by molar-refractivity contribution is -0.137. The third-order valence-electron chi connectivity index (χ3n) is 4.64. The first-order valence-corrected chi connectivity index (χ1v) is 7.63. The second kappa shape index (κ2) is 5.27. The van der Waals surface area contributed by atoms with Gasteiger partial charge in [-0.25, -0.2) is 4.99 Å². The topological polar surface area (TPSA) is 41.9 Å². The Hall–Kier alpha value is -2.10. The number of carbonyl (C=O) groups is 1. The van der Waals surface area contributed by atoms with Crippen LogP contribution in [0.15, 0.2) is 46.5 Å². The first-order chi connectivity index (χ1) is 10.4. The van der Waals surface area contributed by atoms with Gasteiger partial charge in [0.05, 0.1) is 0 Å². The number of hydrogen-bond acceptors (Lipinski definition) is 3. The average Bonchev–Trinajstić information content (AvgIpc) is 2.87. The van der Waals surface area contributed by atoms with Crippen LogP contribution < -0.4 is 0 Å². The first-order valence-electron chi connectivity index (χ1n) is 7.63. The molecule has 0 radical (unpaired) electrons. The molecule has 3 rings (SSSR count). The molecule has 2 atom stereocenters. The summed E-state index contributed by atoms with van der Waals surface area (Å²) in [4.78, 5) is 19.3. The van der Waals surface area contributed by atoms with Gasteiger partial charge in [0.15, 0.2) is 5.54 Å². The molecule has 1 aromatic carbocycles. The van der Waals surface area contributed by atoms with E-state index in [-0.39, 0.29) is 12.0 Å². The molecule has 0 fully saturated rings. The summed E-state index contributed by atoms with van der Waals surface area (Å²) in [6.45, 7) is 4.20. The van der Waals surface area contributed by atoms with Gasteiger partial charge in [0.2, 0.25) is 5.90 Å². The summed E-state index contributed by atoms with van der Waals surface area (Å²) < 4.78 is 6.11. The van der Waals surface area contributed by atoms with Gasteiger partial charge < -0.3 is 9.64 Å². The smallest absolute Gasteiger partial charge is 0.254 e. The van der Waals surface area contributed by atoms with Crippen LogP contribution in [-0.2, 0) is 9.53 Å². The van der Waals surface area contributed by atoms with Gasteiger partial charge in [-0.3, -0.25) is 4.79 Å². The summed E-state index contributed by atoms with van der Waals surface area (Å²) in [5.41, 5.74) is 2.67. The van der Waals surface area contributed by atoms with E-state index in [1.165, 1.54) is 11.1 Å². The van der Waals surface area contributed by atoms with Crippen LogP contribution in [0.3, 0.4) is 0 Å². The highest BCUT2D eigenvalue weighted by Gasteiger charge is 2.54. The lowest BCUT2D eigenvalue weighted by atomic mass is 9.76. The highest BCUT2D eigenvalue weighted by molar-refractivity contribution is 6.01. The van der Waals surface area contributed by atoms with Gasteiger partial charge in [0.1, 0.15) is 6.10 Å². The van der Waals surface area contributed by atoms with Crippen LogP contribution in [0.2, 0.25) is 0 Å². The van der Waals surface area contributed by atoms with E-state index < -0.39 is 5.54 Å². The second-order valence-electron chi connectivity index (χ2n) is 6.45. The number of nitrogens with zero attached hydrogens (tertiary/aromatic N) is 2. The molecule has 1 amide bonds. The number of benzene rings is 1. The molecular weight excluding hydrogens is 276 g/mol. The molecule has 0 unspecified atom stereocenters. The van der Waals surface area contributed by atoms with Crippen LogP contribution in [0, 0.1) is 0 Å². The van der Waals surface area contributed by atoms with E-state index >= 15 is 0 Å². The number of aliphatic imine (C=N–C) groups is 1. The van der Waals surface area contributed by atoms with Gasteiger partial charge in [-0.2, -0.15) is 0 Å². The van der Waals surface area contributed by atoms with Crippen molar-refractivity contribution in [2.45, 2.75) is 38.3 Å². The van der Waals surface area contributed by atoms with Crippen LogP contribution in [0.4, 0.5) is 0 Å². The molecule has 0 bridgehead atoms. The van der Waals surface area contributed by atoms with Crippen molar-refractivity contribution in [1.82, 2.24) is 4.90 Å². The molecule has 0 spiro atoms. The summed E-state index contributed by atoms with van der Waals surface area (Å²) in [6, 6.07) is 9.81. The Balaban J connectivity index is 2.06. The Labute approximate surface area is 131 Å². The van der Waals surface area contributed by atoms with Crippen molar-refractivity contribution < 1.29 is 9.53 Å². The van der Waals surface area contributed by atoms with Crippen molar-refractivity contribution in [2.24, 2.45) is 4.99 Å². The van der Waals surface area contributed by atoms with E-state index in [1.54, 1.807) is 19.0 Å². The maximum absolute atomic E-state index is 12.8. The van der Waals surface area contributed by atoms with Crippen LogP contribution in [-0.4, -0.2) is 42.4 Å². The predicted octanol–water partition coefficient (Wildman–Crippen LogP) is 2.79. The Morgan fingerprint density at radius 1 is 1.23 bits per heavy atom. The van der Waals surface area contributed by atoms with Gasteiger partial charge in [-0.15, -0.1) is 0 Å². The van der Waals surface area contributed by atoms with Crippen molar-refractivity contribution in [2.75, 3.05) is 14.1 Å². The number of carbonyl (C=O) groups excluding carboxylic acids is 1. The molecule has 0 saturated carbocycles. The molecule has 4 heteroatoms. The van der Waals surface area contributed by atoms with Crippen molar-refractivity contribution in [3.8, 4) is 0 Å². The number of likely N-dealkylation sites (N-methyl/N-ethyl adjacent to an activating group) is 1. The fourth-order valence-electron chi connectivity index (χ4n) is 3.24. The third-order valence-corrected chi connectivity index (χ3v) is 4.64. The van der Waals surface area contributed by atoms with Gasteiger partial charge in [-0.1, -0.05) is 29.3 Å². The van der Waals surface area contributed by atoms with E-state index in [0.29, 0.717) is 12.3 Å². The van der Waals surface area contributed by atoms with Crippen molar-refractivity contribution in [3.63, 3.8) is 0 Å². The molecule has 4 nitrogen and oxygen atoms in total. The average molecular weight is 298 g/mol. The quantitative estimate of drug-likeness (QED) is 0.788. The normalized spacial score (nSPS) is 27.1. The molecule has 1 heterocycles. The van der Waals surface area contributed by atoms with Gasteiger partial charge in [0.25, 0.3) is 5.91 Å². The fraction of sp³-hybridized carbons (Fsp3) is 0.444. The maximum atomic E-state index is 12.8. The number of fused-ring (bicyclic) bond motifs is 1. The molecule has 1 aromatic rings. The zero-order valence-electron chi connectivity index (χ0n) is 13.6. The summed E-state index contributed by atoms with van der Waals surface area (Å²) >= 11 is 0. The Morgan fingerprint density at radius 2 is 1.91 bits per heavy atom. The van der Waals surface area contributed by atoms with Crippen LogP contribution in [0.1, 0.15) is 32.3 Å². The van der Waals surface area contributed by atoms with Gasteiger partial charge >= 0.3 is 0 Å². The minimum atomic E-state index is -0.807. The Morgan fingerprint density at radius 3 is 2.55 bits per heavy atom. The van der Waals surface area contributed by atoms with Gasteiger partial charge in [-0.05, 0) is 26.0 Å². The zero-order chi connectivity index (χ0) is 15.9. The van der Waals surface area contributed by atoms with E-state index in [4.69, 9.17) is 9.73 Å². The number of ether oxygens (including phenoxy) is 1. The predicted molar refractivity (Wildman–Crippen MR) is 86.9 cm³/mol. The molecule has 0 N–H and O–H groups in total. The summed E-state index contributed by atoms with van der Waals surface area (Å²) in [5, 5.41) is 0. The van der Waals surface area contributed by atoms with Crippen LogP contribution in [0.5, 0.6) is 0 Å². The summed E-state index contributed by atoms with van der Waals surface area (Å²) in [6.07, 6.45) is 1.18. The highest BCUT2D eigenvalue weighted by Crippen LogP contribution is 2.42. The van der Waals surface area contributed by atoms with Crippen molar-refractivity contribution in [1.29, 1.82) is 0 Å². The monoisotopic (exact) mass is 298 g/mol. The van der Waals surface area contributed by atoms with E-state index in [1.807, 2.05) is 30.3 Å². The molecule has 1 aliphatic heterocycles.